The normalized spacial score (nSPS) is 14.1. The Hall–Kier alpha value is -5.99. The lowest BCUT2D eigenvalue weighted by atomic mass is 9.97. The zero-order valence-electron chi connectivity index (χ0n) is 30.3. The van der Waals surface area contributed by atoms with Crippen molar-refractivity contribution in [3.8, 4) is 11.5 Å². The van der Waals surface area contributed by atoms with Crippen molar-refractivity contribution in [2.75, 3.05) is 19.2 Å². The molecule has 1 atom stereocenters. The van der Waals surface area contributed by atoms with Gasteiger partial charge in [0.05, 0.1) is 35.6 Å². The topological polar surface area (TPSA) is 185 Å². The smallest absolute Gasteiger partial charge is 0.356 e. The van der Waals surface area contributed by atoms with E-state index in [-0.39, 0.29) is 28.6 Å². The van der Waals surface area contributed by atoms with E-state index in [0.29, 0.717) is 42.5 Å². The second kappa shape index (κ2) is 15.5. The number of hydrogen-bond acceptors (Lipinski definition) is 11. The minimum absolute atomic E-state index is 0.0118. The Kier molecular flexibility index (Phi) is 10.9. The summed E-state index contributed by atoms with van der Waals surface area (Å²) in [6.07, 6.45) is 2.51. The van der Waals surface area contributed by atoms with Gasteiger partial charge in [0.1, 0.15) is 16.9 Å². The third kappa shape index (κ3) is 7.99. The molecule has 0 unspecified atom stereocenters. The van der Waals surface area contributed by atoms with Crippen LogP contribution in [0.3, 0.4) is 0 Å². The first kappa shape index (κ1) is 37.8. The highest BCUT2D eigenvalue weighted by molar-refractivity contribution is 6.34. The average molecular weight is 755 g/mol. The Morgan fingerprint density at radius 2 is 1.74 bits per heavy atom. The number of halogens is 1. The Labute approximate surface area is 315 Å². The summed E-state index contributed by atoms with van der Waals surface area (Å²) in [4.78, 5) is 56.3. The lowest BCUT2D eigenvalue weighted by Gasteiger charge is -2.21. The van der Waals surface area contributed by atoms with Gasteiger partial charge in [0.25, 0.3) is 11.8 Å². The Morgan fingerprint density at radius 1 is 0.981 bits per heavy atom. The number of aromatic nitrogens is 3. The molecule has 2 aromatic heterocycles. The van der Waals surface area contributed by atoms with Gasteiger partial charge in [0.15, 0.2) is 22.8 Å². The molecule has 0 radical (unpaired) electrons. The number of carbonyl (C=O) groups is 4. The number of ether oxygens (including phenoxy) is 4. The van der Waals surface area contributed by atoms with E-state index in [1.807, 2.05) is 52.0 Å². The number of amides is 2. The highest BCUT2D eigenvalue weighted by atomic mass is 35.5. The number of carbonyl (C=O) groups excluding carboxylic acids is 4. The van der Waals surface area contributed by atoms with E-state index >= 15 is 0 Å². The molecule has 3 aromatic carbocycles. The molecule has 280 valence electrons. The fourth-order valence-corrected chi connectivity index (χ4v) is 6.31. The van der Waals surface area contributed by atoms with Crippen molar-refractivity contribution in [3.63, 3.8) is 0 Å². The molecule has 0 spiro atoms. The second-order valence-corrected chi connectivity index (χ2v) is 13.9. The Morgan fingerprint density at radius 3 is 2.46 bits per heavy atom. The average Bonchev–Trinajstić information content (AvgIpc) is 3.90. The molecule has 0 fully saturated rings. The third-order valence-corrected chi connectivity index (χ3v) is 9.09. The summed E-state index contributed by atoms with van der Waals surface area (Å²) in [5.74, 6) is -0.694. The molecule has 1 aliphatic heterocycles. The largest absolute Gasteiger partial charge is 0.464 e. The van der Waals surface area contributed by atoms with E-state index in [1.165, 1.54) is 23.9 Å². The molecule has 4 N–H and O–H groups in total. The van der Waals surface area contributed by atoms with E-state index in [2.05, 4.69) is 20.7 Å². The van der Waals surface area contributed by atoms with Gasteiger partial charge in [-0.15, -0.1) is 0 Å². The molecule has 2 amide bonds. The van der Waals surface area contributed by atoms with Crippen LogP contribution in [0.15, 0.2) is 66.9 Å². The highest BCUT2D eigenvalue weighted by Crippen LogP contribution is 2.36. The number of nitrogens with zero attached hydrogens (tertiary/aromatic N) is 3. The van der Waals surface area contributed by atoms with Crippen LogP contribution in [0.25, 0.3) is 5.65 Å². The van der Waals surface area contributed by atoms with Crippen LogP contribution in [0, 0.1) is 6.92 Å². The van der Waals surface area contributed by atoms with Crippen LogP contribution in [0.5, 0.6) is 11.5 Å². The molecule has 54 heavy (non-hydrogen) atoms. The molecule has 0 saturated heterocycles. The number of benzene rings is 3. The first-order valence-corrected chi connectivity index (χ1v) is 17.4. The van der Waals surface area contributed by atoms with Gasteiger partial charge in [-0.05, 0) is 93.1 Å². The van der Waals surface area contributed by atoms with Crippen molar-refractivity contribution in [2.45, 2.75) is 58.7 Å². The van der Waals surface area contributed by atoms with Gasteiger partial charge >= 0.3 is 11.9 Å². The molecular weight excluding hydrogens is 716 g/mol. The molecule has 1 aliphatic carbocycles. The van der Waals surface area contributed by atoms with Gasteiger partial charge in [0, 0.05) is 12.6 Å². The number of rotatable bonds is 7. The van der Waals surface area contributed by atoms with E-state index in [9.17, 15) is 19.2 Å². The Bertz CT molecular complexity index is 2280. The van der Waals surface area contributed by atoms with E-state index in [0.717, 1.165) is 33.8 Å². The number of hydrogen-bond donors (Lipinski definition) is 3. The third-order valence-electron chi connectivity index (χ3n) is 8.76. The zero-order valence-corrected chi connectivity index (χ0v) is 31.1. The SMILES string of the molecule is COC(=O)c1cc(C(=O)N[C@H]2CCc3c2ccc(C(=O)OC(C)(C)C)c3C)n2ncc(C(=O)Nc3ccccc3Cl)c2n1.NCc1ccc2c(c1)OCO2. The zero-order chi connectivity index (χ0) is 38.7. The molecule has 14 nitrogen and oxygen atoms in total. The van der Waals surface area contributed by atoms with Crippen molar-refractivity contribution in [1.29, 1.82) is 0 Å². The predicted octanol–water partition coefficient (Wildman–Crippen LogP) is 5.98. The van der Waals surface area contributed by atoms with Gasteiger partial charge < -0.3 is 35.3 Å². The number of methoxy groups -OCH3 is 1. The number of fused-ring (bicyclic) bond motifs is 3. The van der Waals surface area contributed by atoms with Crippen molar-refractivity contribution in [3.05, 3.63) is 117 Å². The molecule has 0 saturated carbocycles. The van der Waals surface area contributed by atoms with E-state index in [1.54, 1.807) is 30.3 Å². The van der Waals surface area contributed by atoms with Crippen LogP contribution in [-0.4, -0.2) is 57.9 Å². The number of para-hydroxylation sites is 1. The van der Waals surface area contributed by atoms with Crippen LogP contribution in [0.4, 0.5) is 5.69 Å². The fourth-order valence-electron chi connectivity index (χ4n) is 6.13. The summed E-state index contributed by atoms with van der Waals surface area (Å²) in [5, 5.41) is 10.3. The van der Waals surface area contributed by atoms with Crippen molar-refractivity contribution < 1.29 is 38.1 Å². The summed E-state index contributed by atoms with van der Waals surface area (Å²) in [5.41, 5.74) is 9.24. The molecule has 15 heteroatoms. The molecule has 7 rings (SSSR count). The van der Waals surface area contributed by atoms with Gasteiger partial charge in [-0.3, -0.25) is 9.59 Å². The lowest BCUT2D eigenvalue weighted by Crippen LogP contribution is -2.30. The monoisotopic (exact) mass is 754 g/mol. The number of anilines is 1. The number of esters is 2. The van der Waals surface area contributed by atoms with Crippen molar-refractivity contribution in [1.82, 2.24) is 19.9 Å². The minimum Gasteiger partial charge on any atom is -0.464 e. The van der Waals surface area contributed by atoms with Crippen LogP contribution in [0.1, 0.15) is 97.2 Å². The first-order valence-electron chi connectivity index (χ1n) is 17.1. The van der Waals surface area contributed by atoms with Crippen LogP contribution >= 0.6 is 11.6 Å². The molecule has 0 bridgehead atoms. The quantitative estimate of drug-likeness (QED) is 0.166. The summed E-state index contributed by atoms with van der Waals surface area (Å²) >= 11 is 6.19. The van der Waals surface area contributed by atoms with Crippen LogP contribution in [-0.2, 0) is 22.4 Å². The maximum absolute atomic E-state index is 13.7. The summed E-state index contributed by atoms with van der Waals surface area (Å²) in [6, 6.07) is 16.9. The van der Waals surface area contributed by atoms with Crippen LogP contribution in [0.2, 0.25) is 5.02 Å². The maximum atomic E-state index is 13.7. The minimum atomic E-state index is -0.785. The number of nitrogens with one attached hydrogen (secondary N) is 2. The highest BCUT2D eigenvalue weighted by Gasteiger charge is 2.31. The standard InChI is InChI=1S/C31H30ClN5O6.C8H9NO2/c1-16-17-12-13-22(19(17)11-10-18(16)29(40)43-31(2,3)4)35-28(39)25-14-24(30(41)42-5)34-26-20(15-33-37(25)26)27(38)36-23-9-7-6-8-21(23)32;9-4-6-1-2-7-8(3-6)11-5-10-7/h6-11,14-15,22H,12-13H2,1-5H3,(H,35,39)(H,36,38);1-3H,4-5,9H2/t22-;/m0./s1. The van der Waals surface area contributed by atoms with Gasteiger partial charge in [-0.25, -0.2) is 19.1 Å². The van der Waals surface area contributed by atoms with Crippen LogP contribution < -0.4 is 25.8 Å². The van der Waals surface area contributed by atoms with Gasteiger partial charge in [-0.2, -0.15) is 5.10 Å². The van der Waals surface area contributed by atoms with Crippen molar-refractivity contribution >= 4 is 46.7 Å². The van der Waals surface area contributed by atoms with Crippen molar-refractivity contribution in [2.24, 2.45) is 5.73 Å². The molecular formula is C39H39ClN6O8. The second-order valence-electron chi connectivity index (χ2n) is 13.5. The van der Waals surface area contributed by atoms with E-state index in [4.69, 9.17) is 36.3 Å². The van der Waals surface area contributed by atoms with Gasteiger partial charge in [0.2, 0.25) is 6.79 Å². The fraction of sp³-hybridized carbons (Fsp3) is 0.282. The number of nitrogens with two attached hydrogens (primary N) is 1. The van der Waals surface area contributed by atoms with Gasteiger partial charge in [-0.1, -0.05) is 35.9 Å². The van der Waals surface area contributed by atoms with E-state index < -0.39 is 29.4 Å². The summed E-state index contributed by atoms with van der Waals surface area (Å²) in [7, 11) is 1.19. The molecule has 2 aliphatic rings. The summed E-state index contributed by atoms with van der Waals surface area (Å²) < 4.78 is 21.9. The molecule has 3 heterocycles. The Balaban J connectivity index is 0.000000384. The first-order chi connectivity index (χ1) is 25.8. The predicted molar refractivity (Wildman–Crippen MR) is 199 cm³/mol. The lowest BCUT2D eigenvalue weighted by molar-refractivity contribution is 0.00681. The summed E-state index contributed by atoms with van der Waals surface area (Å²) in [6.45, 7) is 8.18. The maximum Gasteiger partial charge on any atom is 0.356 e. The molecule has 5 aromatic rings.